The number of hydrogen-bond donors (Lipinski definition) is 2. The number of unbranched alkanes of at least 4 members (excludes halogenated alkanes) is 5. The van der Waals surface area contributed by atoms with Crippen molar-refractivity contribution in [1.29, 1.82) is 0 Å². The summed E-state index contributed by atoms with van der Waals surface area (Å²) in [6.45, 7) is 5.90. The number of ether oxygens (including phenoxy) is 1. The monoisotopic (exact) mass is 429 g/mol. The van der Waals surface area contributed by atoms with E-state index >= 15 is 0 Å². The summed E-state index contributed by atoms with van der Waals surface area (Å²) in [4.78, 5) is 38.7. The van der Waals surface area contributed by atoms with Gasteiger partial charge in [-0.2, -0.15) is 0 Å². The maximum absolute atomic E-state index is 12.6. The van der Waals surface area contributed by atoms with Crippen LogP contribution in [0.1, 0.15) is 77.3 Å². The van der Waals surface area contributed by atoms with Crippen LogP contribution in [-0.4, -0.2) is 36.5 Å². The first-order valence-corrected chi connectivity index (χ1v) is 11.2. The zero-order chi connectivity index (χ0) is 22.8. The predicted octanol–water partition coefficient (Wildman–Crippen LogP) is 4.91. The van der Waals surface area contributed by atoms with Crippen LogP contribution in [0.2, 0.25) is 0 Å². The molecule has 0 radical (unpaired) electrons. The second-order valence-corrected chi connectivity index (χ2v) is 7.85. The fourth-order valence-corrected chi connectivity index (χ4v) is 3.64. The molecule has 1 aliphatic heterocycles. The van der Waals surface area contributed by atoms with Crippen molar-refractivity contribution in [3.8, 4) is 0 Å². The highest BCUT2D eigenvalue weighted by atomic mass is 16.5. The summed E-state index contributed by atoms with van der Waals surface area (Å²) in [6, 6.07) is 6.29. The molecule has 7 heteroatoms. The Morgan fingerprint density at radius 1 is 1.13 bits per heavy atom. The Morgan fingerprint density at radius 3 is 2.55 bits per heavy atom. The molecule has 1 heterocycles. The summed E-state index contributed by atoms with van der Waals surface area (Å²) in [6.07, 6.45) is 7.24. The SMILES string of the molecule is CCCCCCCCC(=O)Nc1cccc(C2NC(=O)N(C)C(C)=C2C(=O)OCC)c1. The fraction of sp³-hybridized carbons (Fsp3) is 0.542. The third-order valence-corrected chi connectivity index (χ3v) is 5.51. The number of hydrogen-bond acceptors (Lipinski definition) is 4. The van der Waals surface area contributed by atoms with Gasteiger partial charge >= 0.3 is 12.0 Å². The average molecular weight is 430 g/mol. The van der Waals surface area contributed by atoms with Crippen molar-refractivity contribution in [2.75, 3.05) is 19.0 Å². The predicted molar refractivity (Wildman–Crippen MR) is 121 cm³/mol. The Morgan fingerprint density at radius 2 is 1.84 bits per heavy atom. The quantitative estimate of drug-likeness (QED) is 0.386. The molecule has 7 nitrogen and oxygen atoms in total. The zero-order valence-electron chi connectivity index (χ0n) is 19.1. The van der Waals surface area contributed by atoms with Gasteiger partial charge < -0.3 is 20.3 Å². The second kappa shape index (κ2) is 12.1. The number of esters is 1. The third-order valence-electron chi connectivity index (χ3n) is 5.51. The van der Waals surface area contributed by atoms with E-state index in [2.05, 4.69) is 17.6 Å². The van der Waals surface area contributed by atoms with E-state index in [0.717, 1.165) is 19.3 Å². The van der Waals surface area contributed by atoms with E-state index in [1.54, 1.807) is 39.1 Å². The van der Waals surface area contributed by atoms with Gasteiger partial charge in [-0.1, -0.05) is 51.2 Å². The van der Waals surface area contributed by atoms with Crippen LogP contribution in [0, 0.1) is 0 Å². The van der Waals surface area contributed by atoms with Crippen LogP contribution in [0.15, 0.2) is 35.5 Å². The topological polar surface area (TPSA) is 87.7 Å². The lowest BCUT2D eigenvalue weighted by molar-refractivity contribution is -0.139. The van der Waals surface area contributed by atoms with Crippen molar-refractivity contribution in [3.05, 3.63) is 41.1 Å². The van der Waals surface area contributed by atoms with Crippen molar-refractivity contribution in [2.24, 2.45) is 0 Å². The minimum atomic E-state index is -0.641. The highest BCUT2D eigenvalue weighted by Crippen LogP contribution is 2.31. The Bertz CT molecular complexity index is 819. The summed E-state index contributed by atoms with van der Waals surface area (Å²) in [7, 11) is 1.61. The Kier molecular flexibility index (Phi) is 9.56. The number of rotatable bonds is 11. The van der Waals surface area contributed by atoms with E-state index in [9.17, 15) is 14.4 Å². The van der Waals surface area contributed by atoms with E-state index in [1.165, 1.54) is 24.2 Å². The van der Waals surface area contributed by atoms with Gasteiger partial charge in [-0.3, -0.25) is 4.79 Å². The first kappa shape index (κ1) is 24.4. The van der Waals surface area contributed by atoms with Gasteiger partial charge in [-0.15, -0.1) is 0 Å². The van der Waals surface area contributed by atoms with Crippen LogP contribution in [0.4, 0.5) is 10.5 Å². The summed E-state index contributed by atoms with van der Waals surface area (Å²) >= 11 is 0. The van der Waals surface area contributed by atoms with E-state index in [4.69, 9.17) is 4.74 Å². The number of allylic oxidation sites excluding steroid dienone is 1. The maximum atomic E-state index is 12.6. The molecular weight excluding hydrogens is 394 g/mol. The molecule has 31 heavy (non-hydrogen) atoms. The van der Waals surface area contributed by atoms with Crippen LogP contribution in [0.25, 0.3) is 0 Å². The third kappa shape index (κ3) is 6.84. The minimum Gasteiger partial charge on any atom is -0.463 e. The van der Waals surface area contributed by atoms with Crippen LogP contribution >= 0.6 is 0 Å². The Labute approximate surface area is 185 Å². The lowest BCUT2D eigenvalue weighted by Gasteiger charge is -2.33. The molecule has 2 N–H and O–H groups in total. The van der Waals surface area contributed by atoms with Crippen molar-refractivity contribution >= 4 is 23.6 Å². The van der Waals surface area contributed by atoms with Gasteiger partial charge in [0.05, 0.1) is 18.2 Å². The Balaban J connectivity index is 2.09. The lowest BCUT2D eigenvalue weighted by atomic mass is 9.94. The van der Waals surface area contributed by atoms with Crippen LogP contribution < -0.4 is 10.6 Å². The molecule has 2 rings (SSSR count). The average Bonchev–Trinajstić information content (AvgIpc) is 2.74. The lowest BCUT2D eigenvalue weighted by Crippen LogP contribution is -2.46. The first-order chi connectivity index (χ1) is 14.9. The van der Waals surface area contributed by atoms with Gasteiger partial charge in [0.25, 0.3) is 0 Å². The molecule has 1 aliphatic rings. The van der Waals surface area contributed by atoms with E-state index in [-0.39, 0.29) is 18.5 Å². The largest absolute Gasteiger partial charge is 0.463 e. The molecule has 1 unspecified atom stereocenters. The van der Waals surface area contributed by atoms with Gasteiger partial charge in [0, 0.05) is 24.9 Å². The van der Waals surface area contributed by atoms with Gasteiger partial charge in [0.15, 0.2) is 0 Å². The molecule has 3 amide bonds. The molecular formula is C24H35N3O4. The molecule has 0 bridgehead atoms. The number of nitrogens with zero attached hydrogens (tertiary/aromatic N) is 1. The first-order valence-electron chi connectivity index (χ1n) is 11.2. The minimum absolute atomic E-state index is 0.0302. The number of carbonyl (C=O) groups is 3. The number of benzene rings is 1. The fourth-order valence-electron chi connectivity index (χ4n) is 3.64. The molecule has 0 saturated heterocycles. The van der Waals surface area contributed by atoms with Crippen molar-refractivity contribution in [3.63, 3.8) is 0 Å². The van der Waals surface area contributed by atoms with Crippen molar-refractivity contribution in [2.45, 2.75) is 71.8 Å². The molecule has 170 valence electrons. The van der Waals surface area contributed by atoms with E-state index < -0.39 is 12.0 Å². The van der Waals surface area contributed by atoms with Crippen LogP contribution in [0.5, 0.6) is 0 Å². The van der Waals surface area contributed by atoms with Crippen molar-refractivity contribution in [1.82, 2.24) is 10.2 Å². The highest BCUT2D eigenvalue weighted by Gasteiger charge is 2.35. The normalized spacial score (nSPS) is 16.2. The molecule has 0 saturated carbocycles. The summed E-state index contributed by atoms with van der Waals surface area (Å²) in [5.74, 6) is -0.494. The summed E-state index contributed by atoms with van der Waals surface area (Å²) in [5, 5.41) is 5.79. The van der Waals surface area contributed by atoms with Crippen molar-refractivity contribution < 1.29 is 19.1 Å². The van der Waals surface area contributed by atoms with Gasteiger partial charge in [-0.25, -0.2) is 9.59 Å². The van der Waals surface area contributed by atoms with Gasteiger partial charge in [-0.05, 0) is 38.0 Å². The maximum Gasteiger partial charge on any atom is 0.338 e. The molecule has 1 atom stereocenters. The number of amides is 3. The second-order valence-electron chi connectivity index (χ2n) is 7.85. The summed E-state index contributed by atoms with van der Waals surface area (Å²) < 4.78 is 5.22. The number of carbonyl (C=O) groups excluding carboxylic acids is 3. The van der Waals surface area contributed by atoms with E-state index in [1.807, 2.05) is 6.07 Å². The number of urea groups is 1. The van der Waals surface area contributed by atoms with Crippen LogP contribution in [-0.2, 0) is 14.3 Å². The standard InChI is InChI=1S/C24H35N3O4/c1-5-7-8-9-10-11-15-20(28)25-19-14-12-13-18(16-19)22-21(23(29)31-6-2)17(3)27(4)24(30)26-22/h12-14,16,22H,5-11,15H2,1-4H3,(H,25,28)(H,26,30). The van der Waals surface area contributed by atoms with Crippen LogP contribution in [0.3, 0.4) is 0 Å². The summed E-state index contributed by atoms with van der Waals surface area (Å²) in [5.41, 5.74) is 2.29. The molecule has 0 spiro atoms. The van der Waals surface area contributed by atoms with Gasteiger partial charge in [0.1, 0.15) is 0 Å². The van der Waals surface area contributed by atoms with E-state index in [0.29, 0.717) is 28.9 Å². The number of anilines is 1. The Hall–Kier alpha value is -2.83. The zero-order valence-corrected chi connectivity index (χ0v) is 19.1. The molecule has 0 aromatic heterocycles. The van der Waals surface area contributed by atoms with Gasteiger partial charge in [0.2, 0.25) is 5.91 Å². The molecule has 1 aromatic carbocycles. The molecule has 1 aromatic rings. The molecule has 0 fully saturated rings. The smallest absolute Gasteiger partial charge is 0.338 e. The highest BCUT2D eigenvalue weighted by molar-refractivity contribution is 5.95. The number of nitrogens with one attached hydrogen (secondary N) is 2. The molecule has 0 aliphatic carbocycles.